The number of benzene rings is 1. The first-order valence-electron chi connectivity index (χ1n) is 6.84. The molecule has 0 saturated carbocycles. The van der Waals surface area contributed by atoms with Gasteiger partial charge in [0.05, 0.1) is 23.6 Å². The Bertz CT molecular complexity index is 735. The van der Waals surface area contributed by atoms with Crippen LogP contribution in [-0.2, 0) is 9.59 Å². The first-order valence-corrected chi connectivity index (χ1v) is 8.45. The zero-order valence-corrected chi connectivity index (χ0v) is 15.3. The molecule has 0 bridgehead atoms. The number of carbonyl (C=O) groups excluding carboxylic acids is 1. The number of rotatable bonds is 6. The minimum Gasteiger partial charge on any atom is -0.491 e. The predicted molar refractivity (Wildman–Crippen MR) is 96.7 cm³/mol. The van der Waals surface area contributed by atoms with Gasteiger partial charge in [-0.2, -0.15) is 0 Å². The van der Waals surface area contributed by atoms with Gasteiger partial charge in [-0.25, -0.2) is 0 Å². The number of halogens is 1. The van der Waals surface area contributed by atoms with Crippen LogP contribution in [0.15, 0.2) is 17.0 Å². The van der Waals surface area contributed by atoms with Gasteiger partial charge in [0.2, 0.25) is 0 Å². The molecule has 1 aliphatic rings. The average Bonchev–Trinajstić information content (AvgIpc) is 2.75. The highest BCUT2D eigenvalue weighted by Crippen LogP contribution is 2.38. The van der Waals surface area contributed by atoms with Crippen LogP contribution in [0.4, 0.5) is 0 Å². The van der Waals surface area contributed by atoms with E-state index in [1.54, 1.807) is 18.2 Å². The Morgan fingerprint density at radius 1 is 1.50 bits per heavy atom. The molecule has 1 aromatic rings. The lowest BCUT2D eigenvalue weighted by atomic mass is 10.1. The van der Waals surface area contributed by atoms with Gasteiger partial charge in [-0.3, -0.25) is 14.5 Å². The number of carboxylic acid groups (broad SMARTS) is 1. The zero-order valence-electron chi connectivity index (χ0n) is 12.9. The molecule has 0 atom stereocenters. The maximum Gasteiger partial charge on any atom is 0.323 e. The fraction of sp³-hybridized carbons (Fsp3) is 0.267. The van der Waals surface area contributed by atoms with Crippen LogP contribution in [0.1, 0.15) is 12.5 Å². The van der Waals surface area contributed by atoms with Crippen molar-refractivity contribution in [2.75, 3.05) is 20.3 Å². The number of thioether (sulfide) groups is 1. The van der Waals surface area contributed by atoms with E-state index >= 15 is 0 Å². The van der Waals surface area contributed by atoms with E-state index in [1.165, 1.54) is 7.11 Å². The molecule has 0 spiro atoms. The summed E-state index contributed by atoms with van der Waals surface area (Å²) in [5.41, 5.74) is 0.625. The highest BCUT2D eigenvalue weighted by atomic mass is 35.5. The molecule has 1 saturated heterocycles. The number of aliphatic carboxylic acids is 1. The lowest BCUT2D eigenvalue weighted by Crippen LogP contribution is -2.33. The van der Waals surface area contributed by atoms with Crippen molar-refractivity contribution in [3.8, 4) is 11.5 Å². The SMILES string of the molecule is CCOc1cc(/C=C2\SC(=S)N(CC(=O)O)C2=O)cc(Cl)c1OC. The molecular formula is C15H14ClNO5S2. The maximum atomic E-state index is 12.3. The van der Waals surface area contributed by atoms with E-state index in [0.717, 1.165) is 16.7 Å². The average molecular weight is 388 g/mol. The Hall–Kier alpha value is -1.77. The Kier molecular flexibility index (Phi) is 6.09. The molecule has 0 aromatic heterocycles. The summed E-state index contributed by atoms with van der Waals surface area (Å²) in [5.74, 6) is -0.704. The highest BCUT2D eigenvalue weighted by molar-refractivity contribution is 8.26. The van der Waals surface area contributed by atoms with Gasteiger partial charge in [0.25, 0.3) is 5.91 Å². The third-order valence-electron chi connectivity index (χ3n) is 3.00. The van der Waals surface area contributed by atoms with Crippen molar-refractivity contribution in [2.24, 2.45) is 0 Å². The van der Waals surface area contributed by atoms with Crippen molar-refractivity contribution in [3.05, 3.63) is 27.6 Å². The normalized spacial score (nSPS) is 16.0. The summed E-state index contributed by atoms with van der Waals surface area (Å²) >= 11 is 12.3. The van der Waals surface area contributed by atoms with Gasteiger partial charge in [-0.15, -0.1) is 0 Å². The van der Waals surface area contributed by atoms with Crippen LogP contribution in [0.3, 0.4) is 0 Å². The van der Waals surface area contributed by atoms with Crippen LogP contribution in [-0.4, -0.2) is 46.5 Å². The molecule has 9 heteroatoms. The van der Waals surface area contributed by atoms with E-state index in [9.17, 15) is 9.59 Å². The second kappa shape index (κ2) is 7.87. The quantitative estimate of drug-likeness (QED) is 0.593. The Balaban J connectivity index is 2.36. The minimum atomic E-state index is -1.13. The van der Waals surface area contributed by atoms with Gasteiger partial charge in [0, 0.05) is 0 Å². The summed E-state index contributed by atoms with van der Waals surface area (Å²) < 4.78 is 10.9. The van der Waals surface area contributed by atoms with Crippen molar-refractivity contribution >= 4 is 57.9 Å². The molecule has 1 aromatic carbocycles. The number of nitrogens with zero attached hydrogens (tertiary/aromatic N) is 1. The number of methoxy groups -OCH3 is 1. The summed E-state index contributed by atoms with van der Waals surface area (Å²) in [5, 5.41) is 9.19. The number of ether oxygens (including phenoxy) is 2. The highest BCUT2D eigenvalue weighted by Gasteiger charge is 2.33. The van der Waals surface area contributed by atoms with Gasteiger partial charge in [-0.1, -0.05) is 35.6 Å². The largest absolute Gasteiger partial charge is 0.491 e. The van der Waals surface area contributed by atoms with Gasteiger partial charge in [0.15, 0.2) is 11.5 Å². The summed E-state index contributed by atoms with van der Waals surface area (Å²) in [6.07, 6.45) is 1.59. The molecule has 0 radical (unpaired) electrons. The van der Waals surface area contributed by atoms with E-state index in [1.807, 2.05) is 6.92 Å². The summed E-state index contributed by atoms with van der Waals surface area (Å²) in [4.78, 5) is 24.5. The lowest BCUT2D eigenvalue weighted by Gasteiger charge is -2.12. The third-order valence-corrected chi connectivity index (χ3v) is 4.66. The van der Waals surface area contributed by atoms with E-state index in [0.29, 0.717) is 33.6 Å². The topological polar surface area (TPSA) is 76.1 Å². The van der Waals surface area contributed by atoms with Gasteiger partial charge in [0.1, 0.15) is 10.9 Å². The lowest BCUT2D eigenvalue weighted by molar-refractivity contribution is -0.140. The molecule has 1 fully saturated rings. The number of hydrogen-bond acceptors (Lipinski definition) is 6. The molecule has 1 aliphatic heterocycles. The summed E-state index contributed by atoms with van der Waals surface area (Å²) in [7, 11) is 1.49. The first kappa shape index (κ1) is 18.6. The number of hydrogen-bond donors (Lipinski definition) is 1. The van der Waals surface area contributed by atoms with Crippen molar-refractivity contribution in [3.63, 3.8) is 0 Å². The molecule has 0 unspecified atom stereocenters. The van der Waals surface area contributed by atoms with Crippen LogP contribution in [0.2, 0.25) is 5.02 Å². The van der Waals surface area contributed by atoms with Crippen LogP contribution < -0.4 is 9.47 Å². The standard InChI is InChI=1S/C15H14ClNO5S2/c1-3-22-10-5-8(4-9(16)13(10)21-2)6-11-14(20)17(7-12(18)19)15(23)24-11/h4-6H,3,7H2,1-2H3,(H,18,19)/b11-6-. The first-order chi connectivity index (χ1) is 11.4. The second-order valence-electron chi connectivity index (χ2n) is 4.63. The van der Waals surface area contributed by atoms with Gasteiger partial charge in [-0.05, 0) is 30.7 Å². The molecule has 1 heterocycles. The number of thiocarbonyl (C=S) groups is 1. The molecule has 2 rings (SSSR count). The van der Waals surface area contributed by atoms with E-state index in [-0.39, 0.29) is 4.32 Å². The smallest absolute Gasteiger partial charge is 0.323 e. The predicted octanol–water partition coefficient (Wildman–Crippen LogP) is 3.03. The molecule has 24 heavy (non-hydrogen) atoms. The van der Waals surface area contributed by atoms with Crippen molar-refractivity contribution in [1.29, 1.82) is 0 Å². The van der Waals surface area contributed by atoms with E-state index < -0.39 is 18.4 Å². The van der Waals surface area contributed by atoms with Gasteiger partial charge >= 0.3 is 5.97 Å². The van der Waals surface area contributed by atoms with Crippen LogP contribution >= 0.6 is 35.6 Å². The third kappa shape index (κ3) is 4.00. The van der Waals surface area contributed by atoms with Crippen molar-refractivity contribution in [2.45, 2.75) is 6.92 Å². The molecule has 6 nitrogen and oxygen atoms in total. The number of carboxylic acids is 1. The second-order valence-corrected chi connectivity index (χ2v) is 6.71. The van der Waals surface area contributed by atoms with Crippen molar-refractivity contribution < 1.29 is 24.2 Å². The van der Waals surface area contributed by atoms with Crippen LogP contribution in [0.5, 0.6) is 11.5 Å². The number of carbonyl (C=O) groups is 2. The fourth-order valence-corrected chi connectivity index (χ4v) is 3.61. The molecular weight excluding hydrogens is 374 g/mol. The molecule has 0 aliphatic carbocycles. The Morgan fingerprint density at radius 2 is 2.21 bits per heavy atom. The number of amides is 1. The Morgan fingerprint density at radius 3 is 2.79 bits per heavy atom. The van der Waals surface area contributed by atoms with Crippen molar-refractivity contribution in [1.82, 2.24) is 4.90 Å². The zero-order chi connectivity index (χ0) is 17.9. The minimum absolute atomic E-state index is 0.207. The molecule has 128 valence electrons. The summed E-state index contributed by atoms with van der Waals surface area (Å²) in [6.45, 7) is 1.80. The molecule has 1 N–H and O–H groups in total. The maximum absolute atomic E-state index is 12.3. The monoisotopic (exact) mass is 387 g/mol. The fourth-order valence-electron chi connectivity index (χ4n) is 2.06. The summed E-state index contributed by atoms with van der Waals surface area (Å²) in [6, 6.07) is 3.32. The van der Waals surface area contributed by atoms with Gasteiger partial charge < -0.3 is 14.6 Å². The van der Waals surface area contributed by atoms with Crippen LogP contribution in [0.25, 0.3) is 6.08 Å². The van der Waals surface area contributed by atoms with Crippen LogP contribution in [0, 0.1) is 0 Å². The molecule has 1 amide bonds. The van der Waals surface area contributed by atoms with E-state index in [4.69, 9.17) is 38.4 Å². The Labute approximate surface area is 153 Å². The van der Waals surface area contributed by atoms with E-state index in [2.05, 4.69) is 0 Å².